The number of halogens is 3. The van der Waals surface area contributed by atoms with Crippen molar-refractivity contribution < 1.29 is 50.6 Å². The van der Waals surface area contributed by atoms with Crippen molar-refractivity contribution in [2.24, 2.45) is 5.41 Å². The third-order valence-electron chi connectivity index (χ3n) is 11.3. The molecule has 1 saturated heterocycles. The Morgan fingerprint density at radius 1 is 0.971 bits per heavy atom. The lowest BCUT2D eigenvalue weighted by Gasteiger charge is -2.35. The Bertz CT molecular complexity index is 2700. The zero-order valence-corrected chi connectivity index (χ0v) is 41.3. The van der Waals surface area contributed by atoms with Gasteiger partial charge in [-0.1, -0.05) is 57.2 Å². The summed E-state index contributed by atoms with van der Waals surface area (Å²) >= 11 is 1.56. The van der Waals surface area contributed by atoms with Gasteiger partial charge in [0.2, 0.25) is 33.7 Å². The van der Waals surface area contributed by atoms with Crippen molar-refractivity contribution in [1.82, 2.24) is 30.5 Å². The molecule has 70 heavy (non-hydrogen) atoms. The van der Waals surface area contributed by atoms with Crippen molar-refractivity contribution in [1.29, 1.82) is 0 Å². The van der Waals surface area contributed by atoms with E-state index in [1.165, 1.54) is 11.9 Å². The monoisotopic (exact) mass is 1010 g/mol. The second-order valence-corrected chi connectivity index (χ2v) is 20.7. The molecule has 6 rings (SSSR count). The van der Waals surface area contributed by atoms with Crippen LogP contribution in [0.25, 0.3) is 10.4 Å². The van der Waals surface area contributed by atoms with Crippen LogP contribution >= 0.6 is 11.3 Å². The molecular weight excluding hydrogens is 952 g/mol. The first-order chi connectivity index (χ1) is 33.1. The maximum Gasteiger partial charge on any atom is 0.421 e. The van der Waals surface area contributed by atoms with Gasteiger partial charge in [-0.2, -0.15) is 18.2 Å². The number of ether oxygens (including phenoxy) is 2. The molecule has 3 heterocycles. The predicted octanol–water partition coefficient (Wildman–Crippen LogP) is 6.66. The van der Waals surface area contributed by atoms with Crippen molar-refractivity contribution in [3.8, 4) is 16.2 Å². The standard InChI is InChI=1S/C48H58F3N9O8S2/c1-30-41(69-29-55-30)33-13-11-31(12-14-33)25-53-44(63)39-24-36(61)28-60(39)45(64)42(47(2,3)4)57-40(62)19-22-67-20-8-21-68-37-17-15-34(16-18-37)56-46-54-27-38(48(49,50)51)43(58-46)52-26-32-9-7-10-35(23-32)59(5)70(6,65)66/h7,9-18,23,27,29,36,39,42,61H,8,19-22,24-26,28H2,1-6H3,(H,53,63)(H,57,62)(H2,52,54,56,58)/t36-,39+,42?/m1/s1. The van der Waals surface area contributed by atoms with E-state index in [1.54, 1.807) is 65.4 Å². The van der Waals surface area contributed by atoms with E-state index in [9.17, 15) is 41.1 Å². The maximum absolute atomic E-state index is 14.0. The van der Waals surface area contributed by atoms with Crippen LogP contribution in [0.15, 0.2) is 84.5 Å². The second kappa shape index (κ2) is 23.0. The maximum atomic E-state index is 14.0. The number of hydrogen-bond donors (Lipinski definition) is 5. The number of aliphatic hydroxyl groups is 1. The van der Waals surface area contributed by atoms with Gasteiger partial charge in [-0.3, -0.25) is 18.7 Å². The molecule has 1 aliphatic rings. The first-order valence-corrected chi connectivity index (χ1v) is 25.1. The fourth-order valence-corrected chi connectivity index (χ4v) is 8.73. The molecule has 1 aliphatic heterocycles. The lowest BCUT2D eigenvalue weighted by molar-refractivity contribution is -0.144. The van der Waals surface area contributed by atoms with Gasteiger partial charge < -0.3 is 40.7 Å². The Hall–Kier alpha value is -6.36. The first kappa shape index (κ1) is 53.0. The summed E-state index contributed by atoms with van der Waals surface area (Å²) in [4.78, 5) is 55.2. The molecule has 2 aromatic heterocycles. The molecule has 3 aromatic carbocycles. The lowest BCUT2D eigenvalue weighted by atomic mass is 9.85. The third-order valence-corrected chi connectivity index (χ3v) is 13.5. The number of aryl methyl sites for hydroxylation is 1. The summed E-state index contributed by atoms with van der Waals surface area (Å²) in [6, 6.07) is 18.9. The van der Waals surface area contributed by atoms with Crippen molar-refractivity contribution in [3.05, 3.63) is 107 Å². The molecule has 376 valence electrons. The molecule has 0 spiro atoms. The van der Waals surface area contributed by atoms with Crippen molar-refractivity contribution in [2.75, 3.05) is 54.6 Å². The molecule has 1 fully saturated rings. The van der Waals surface area contributed by atoms with Gasteiger partial charge in [-0.05, 0) is 65.4 Å². The topological polar surface area (TPSA) is 217 Å². The van der Waals surface area contributed by atoms with Gasteiger partial charge in [0.25, 0.3) is 0 Å². The van der Waals surface area contributed by atoms with E-state index < -0.39 is 68.9 Å². The summed E-state index contributed by atoms with van der Waals surface area (Å²) in [6.45, 7) is 8.13. The number of likely N-dealkylation sites (tertiary alicyclic amines) is 1. The zero-order valence-electron chi connectivity index (χ0n) is 39.7. The summed E-state index contributed by atoms with van der Waals surface area (Å²) < 4.78 is 78.1. The number of aliphatic hydroxyl groups excluding tert-OH is 1. The summed E-state index contributed by atoms with van der Waals surface area (Å²) in [6.07, 6.45) is -3.39. The van der Waals surface area contributed by atoms with E-state index in [2.05, 4.69) is 36.2 Å². The summed E-state index contributed by atoms with van der Waals surface area (Å²) in [5.74, 6) is -1.32. The van der Waals surface area contributed by atoms with Gasteiger partial charge in [0.05, 0.1) is 47.3 Å². The minimum atomic E-state index is -4.75. The molecule has 0 aliphatic carbocycles. The van der Waals surface area contributed by atoms with Crippen LogP contribution in [-0.2, 0) is 48.4 Å². The zero-order chi connectivity index (χ0) is 50.8. The van der Waals surface area contributed by atoms with Gasteiger partial charge in [-0.15, -0.1) is 11.3 Å². The van der Waals surface area contributed by atoms with E-state index in [-0.39, 0.29) is 58.2 Å². The molecular formula is C48H58F3N9O8S2. The number of benzene rings is 3. The van der Waals surface area contributed by atoms with E-state index >= 15 is 0 Å². The minimum Gasteiger partial charge on any atom is -0.494 e. The fourth-order valence-electron chi connectivity index (χ4n) is 7.42. The highest BCUT2D eigenvalue weighted by Gasteiger charge is 2.44. The molecule has 17 nitrogen and oxygen atoms in total. The summed E-state index contributed by atoms with van der Waals surface area (Å²) in [5.41, 5.74) is 4.20. The number of nitrogens with zero attached hydrogens (tertiary/aromatic N) is 5. The molecule has 3 atom stereocenters. The molecule has 3 amide bonds. The minimum absolute atomic E-state index is 0.0255. The van der Waals surface area contributed by atoms with Crippen LogP contribution in [0.3, 0.4) is 0 Å². The molecule has 0 saturated carbocycles. The van der Waals surface area contributed by atoms with Crippen LogP contribution in [-0.4, -0.2) is 109 Å². The first-order valence-electron chi connectivity index (χ1n) is 22.4. The van der Waals surface area contributed by atoms with Crippen molar-refractivity contribution in [3.63, 3.8) is 0 Å². The van der Waals surface area contributed by atoms with Gasteiger partial charge in [0, 0.05) is 64.4 Å². The summed E-state index contributed by atoms with van der Waals surface area (Å²) in [5, 5.41) is 21.9. The lowest BCUT2D eigenvalue weighted by Crippen LogP contribution is -2.57. The highest BCUT2D eigenvalue weighted by Crippen LogP contribution is 2.35. The van der Waals surface area contributed by atoms with Crippen LogP contribution in [0.1, 0.15) is 62.4 Å². The van der Waals surface area contributed by atoms with E-state index in [1.807, 2.05) is 52.0 Å². The number of alkyl halides is 3. The predicted molar refractivity (Wildman–Crippen MR) is 261 cm³/mol. The van der Waals surface area contributed by atoms with E-state index in [0.29, 0.717) is 35.3 Å². The van der Waals surface area contributed by atoms with Crippen LogP contribution in [0.5, 0.6) is 5.75 Å². The number of amides is 3. The number of anilines is 4. The van der Waals surface area contributed by atoms with Crippen molar-refractivity contribution in [2.45, 2.75) is 84.4 Å². The average molecular weight is 1010 g/mol. The number of thiazole rings is 1. The largest absolute Gasteiger partial charge is 0.494 e. The number of nitrogens with one attached hydrogen (secondary N) is 4. The fraction of sp³-hybridized carbons (Fsp3) is 0.417. The number of hydrogen-bond acceptors (Lipinski definition) is 14. The second-order valence-electron chi connectivity index (χ2n) is 17.9. The highest BCUT2D eigenvalue weighted by molar-refractivity contribution is 7.92. The quantitative estimate of drug-likeness (QED) is 0.0487. The number of rotatable bonds is 21. The Labute approximate surface area is 409 Å². The van der Waals surface area contributed by atoms with Gasteiger partial charge >= 0.3 is 6.18 Å². The smallest absolute Gasteiger partial charge is 0.421 e. The Balaban J connectivity index is 0.919. The van der Waals surface area contributed by atoms with Gasteiger partial charge in [0.15, 0.2) is 0 Å². The Morgan fingerprint density at radius 3 is 2.36 bits per heavy atom. The van der Waals surface area contributed by atoms with Crippen molar-refractivity contribution >= 4 is 62.2 Å². The van der Waals surface area contributed by atoms with Crippen LogP contribution < -0.4 is 30.3 Å². The highest BCUT2D eigenvalue weighted by atomic mass is 32.2. The van der Waals surface area contributed by atoms with E-state index in [0.717, 1.165) is 32.3 Å². The Kier molecular flexibility index (Phi) is 17.4. The van der Waals surface area contributed by atoms with E-state index in [4.69, 9.17) is 9.47 Å². The van der Waals surface area contributed by atoms with Gasteiger partial charge in [0.1, 0.15) is 29.2 Å². The number of carbonyl (C=O) groups is 3. The van der Waals surface area contributed by atoms with Crippen LogP contribution in [0.2, 0.25) is 0 Å². The van der Waals surface area contributed by atoms with Crippen LogP contribution in [0.4, 0.5) is 36.3 Å². The SMILES string of the molecule is Cc1ncsc1-c1ccc(CNC(=O)[C@@H]2C[C@@H](O)CN2C(=O)C(NC(=O)CCOCCCOc2ccc(Nc3ncc(C(F)(F)F)c(NCc4cccc(N(C)S(C)(=O)=O)c4)n3)cc2)C(C)(C)C)cc1. The number of aromatic nitrogens is 3. The van der Waals surface area contributed by atoms with Gasteiger partial charge in [-0.25, -0.2) is 18.4 Å². The normalized spacial score (nSPS) is 15.5. The van der Waals surface area contributed by atoms with Crippen LogP contribution in [0, 0.1) is 12.3 Å². The molecule has 5 N–H and O–H groups in total. The number of sulfonamides is 1. The number of β-amino-alcohol motifs (C(OH)–C–C–N with tert-alkyl or cyclic N) is 1. The average Bonchev–Trinajstić information content (AvgIpc) is 3.93. The molecule has 22 heteroatoms. The molecule has 0 bridgehead atoms. The molecule has 0 radical (unpaired) electrons. The molecule has 5 aromatic rings. The molecule has 1 unspecified atom stereocenters. The summed E-state index contributed by atoms with van der Waals surface area (Å²) in [7, 11) is -2.17. The third kappa shape index (κ3) is 14.6. The Morgan fingerprint density at radius 2 is 1.70 bits per heavy atom. The number of carbonyl (C=O) groups excluding carboxylic acids is 3.